The van der Waals surface area contributed by atoms with Gasteiger partial charge in [0, 0.05) is 23.0 Å². The predicted molar refractivity (Wildman–Crippen MR) is 95.3 cm³/mol. The van der Waals surface area contributed by atoms with Gasteiger partial charge < -0.3 is 14.4 Å². The van der Waals surface area contributed by atoms with E-state index in [4.69, 9.17) is 16.3 Å². The molecule has 1 aliphatic rings. The van der Waals surface area contributed by atoms with Gasteiger partial charge in [0.15, 0.2) is 0 Å². The number of hydrogen-bond donors (Lipinski definition) is 1. The highest BCUT2D eigenvalue weighted by Gasteiger charge is 2.47. The molecule has 2 aromatic rings. The first-order valence-electron chi connectivity index (χ1n) is 8.74. The molecule has 1 aromatic heterocycles. The van der Waals surface area contributed by atoms with Crippen molar-refractivity contribution in [2.24, 2.45) is 5.92 Å². The van der Waals surface area contributed by atoms with Crippen molar-refractivity contribution < 1.29 is 9.84 Å². The Morgan fingerprint density at radius 3 is 2.88 bits per heavy atom. The monoisotopic (exact) mass is 348 g/mol. The van der Waals surface area contributed by atoms with Gasteiger partial charge >= 0.3 is 0 Å². The van der Waals surface area contributed by atoms with Crippen LogP contribution in [0.5, 0.6) is 5.75 Å². The highest BCUT2D eigenvalue weighted by Crippen LogP contribution is 2.49. The Bertz CT molecular complexity index is 655. The standard InChI is InChI=1S/C19H25ClN2O2/c1-2-3-4-11-24-18-8-7-16(20)12-17(18)19(23,15-5-6-15)13-22-10-9-21-14-22/h7-10,12,14-15,23H,2-6,11,13H2,1H3. The molecule has 1 N–H and O–H groups in total. The highest BCUT2D eigenvalue weighted by molar-refractivity contribution is 6.30. The zero-order valence-corrected chi connectivity index (χ0v) is 14.9. The van der Waals surface area contributed by atoms with Gasteiger partial charge in [-0.2, -0.15) is 0 Å². The van der Waals surface area contributed by atoms with Crippen molar-refractivity contribution in [3.8, 4) is 5.75 Å². The number of aromatic nitrogens is 2. The summed E-state index contributed by atoms with van der Waals surface area (Å²) in [4.78, 5) is 4.08. The minimum absolute atomic E-state index is 0.233. The maximum Gasteiger partial charge on any atom is 0.125 e. The number of ether oxygens (including phenoxy) is 1. The Balaban J connectivity index is 1.87. The molecule has 4 nitrogen and oxygen atoms in total. The molecule has 1 atom stereocenters. The van der Waals surface area contributed by atoms with Crippen LogP contribution >= 0.6 is 11.6 Å². The van der Waals surface area contributed by atoms with Crippen molar-refractivity contribution in [1.29, 1.82) is 0 Å². The zero-order chi connectivity index (χ0) is 17.0. The highest BCUT2D eigenvalue weighted by atomic mass is 35.5. The van der Waals surface area contributed by atoms with E-state index >= 15 is 0 Å². The quantitative estimate of drug-likeness (QED) is 0.683. The van der Waals surface area contributed by atoms with Crippen molar-refractivity contribution in [1.82, 2.24) is 9.55 Å². The first-order valence-corrected chi connectivity index (χ1v) is 9.12. The third-order valence-electron chi connectivity index (χ3n) is 4.65. The van der Waals surface area contributed by atoms with Crippen molar-refractivity contribution in [2.45, 2.75) is 51.2 Å². The molecule has 1 saturated carbocycles. The smallest absolute Gasteiger partial charge is 0.125 e. The summed E-state index contributed by atoms with van der Waals surface area (Å²) in [7, 11) is 0. The lowest BCUT2D eigenvalue weighted by molar-refractivity contribution is -0.00702. The Kier molecular flexibility index (Phi) is 5.47. The largest absolute Gasteiger partial charge is 0.493 e. The van der Waals surface area contributed by atoms with Gasteiger partial charge in [-0.05, 0) is 43.4 Å². The van der Waals surface area contributed by atoms with Gasteiger partial charge in [-0.25, -0.2) is 4.98 Å². The lowest BCUT2D eigenvalue weighted by atomic mass is 9.87. The number of imidazole rings is 1. The maximum atomic E-state index is 11.5. The number of rotatable bonds is 9. The molecule has 0 saturated heterocycles. The molecule has 130 valence electrons. The number of unbranched alkanes of at least 4 members (excludes halogenated alkanes) is 2. The van der Waals surface area contributed by atoms with Gasteiger partial charge in [-0.3, -0.25) is 0 Å². The molecule has 0 radical (unpaired) electrons. The van der Waals surface area contributed by atoms with Crippen molar-refractivity contribution in [2.75, 3.05) is 6.61 Å². The molecule has 1 aliphatic carbocycles. The fourth-order valence-corrected chi connectivity index (χ4v) is 3.33. The summed E-state index contributed by atoms with van der Waals surface area (Å²) < 4.78 is 7.91. The number of hydrogen-bond acceptors (Lipinski definition) is 3. The van der Waals surface area contributed by atoms with E-state index in [0.29, 0.717) is 18.2 Å². The predicted octanol–water partition coefficient (Wildman–Crippen LogP) is 4.40. The van der Waals surface area contributed by atoms with Crippen LogP contribution < -0.4 is 4.74 Å². The third kappa shape index (κ3) is 3.93. The van der Waals surface area contributed by atoms with E-state index in [0.717, 1.165) is 43.4 Å². The van der Waals surface area contributed by atoms with Gasteiger partial charge in [-0.15, -0.1) is 0 Å². The minimum atomic E-state index is -0.980. The number of nitrogens with zero attached hydrogens (tertiary/aromatic N) is 2. The Morgan fingerprint density at radius 2 is 2.21 bits per heavy atom. The first-order chi connectivity index (χ1) is 11.6. The van der Waals surface area contributed by atoms with Crippen molar-refractivity contribution in [3.05, 3.63) is 47.5 Å². The van der Waals surface area contributed by atoms with E-state index in [1.807, 2.05) is 29.0 Å². The fourth-order valence-electron chi connectivity index (χ4n) is 3.15. The number of halogens is 1. The average Bonchev–Trinajstić information content (AvgIpc) is 3.32. The summed E-state index contributed by atoms with van der Waals surface area (Å²) in [5, 5.41) is 12.1. The van der Waals surface area contributed by atoms with E-state index < -0.39 is 5.60 Å². The molecule has 1 unspecified atom stereocenters. The van der Waals surface area contributed by atoms with Crippen LogP contribution in [0, 0.1) is 5.92 Å². The van der Waals surface area contributed by atoms with Crippen LogP contribution in [0.25, 0.3) is 0 Å². The lowest BCUT2D eigenvalue weighted by Gasteiger charge is -2.31. The molecule has 0 spiro atoms. The van der Waals surface area contributed by atoms with Gasteiger partial charge in [0.2, 0.25) is 0 Å². The van der Waals surface area contributed by atoms with Crippen LogP contribution in [0.1, 0.15) is 44.6 Å². The van der Waals surface area contributed by atoms with Crippen molar-refractivity contribution >= 4 is 11.6 Å². The zero-order valence-electron chi connectivity index (χ0n) is 14.1. The van der Waals surface area contributed by atoms with Crippen molar-refractivity contribution in [3.63, 3.8) is 0 Å². The van der Waals surface area contributed by atoms with Gasteiger partial charge in [-0.1, -0.05) is 31.4 Å². The summed E-state index contributed by atoms with van der Waals surface area (Å²) >= 11 is 6.23. The van der Waals surface area contributed by atoms with E-state index in [-0.39, 0.29) is 5.92 Å². The van der Waals surface area contributed by atoms with Crippen LogP contribution in [0.2, 0.25) is 5.02 Å². The lowest BCUT2D eigenvalue weighted by Crippen LogP contribution is -2.34. The van der Waals surface area contributed by atoms with E-state index in [2.05, 4.69) is 11.9 Å². The molecule has 0 bridgehead atoms. The SMILES string of the molecule is CCCCCOc1ccc(Cl)cc1C(O)(Cn1ccnc1)C1CC1. The summed E-state index contributed by atoms with van der Waals surface area (Å²) in [6, 6.07) is 5.56. The first kappa shape index (κ1) is 17.3. The van der Waals surface area contributed by atoms with E-state index in [9.17, 15) is 5.11 Å². The summed E-state index contributed by atoms with van der Waals surface area (Å²) in [6.45, 7) is 3.29. The summed E-state index contributed by atoms with van der Waals surface area (Å²) in [5.74, 6) is 0.973. The van der Waals surface area contributed by atoms with Crippen LogP contribution in [0.15, 0.2) is 36.9 Å². The summed E-state index contributed by atoms with van der Waals surface area (Å²) in [5.41, 5.74) is -0.186. The second-order valence-corrected chi connectivity index (χ2v) is 7.07. The van der Waals surface area contributed by atoms with E-state index in [1.165, 1.54) is 0 Å². The molecule has 3 rings (SSSR count). The van der Waals surface area contributed by atoms with Gasteiger partial charge in [0.25, 0.3) is 0 Å². The van der Waals surface area contributed by atoms with Gasteiger partial charge in [0.05, 0.1) is 19.5 Å². The molecule has 1 fully saturated rings. The maximum absolute atomic E-state index is 11.5. The molecule has 0 aliphatic heterocycles. The van der Waals surface area contributed by atoms with Crippen LogP contribution in [0.3, 0.4) is 0 Å². The Morgan fingerprint density at radius 1 is 1.38 bits per heavy atom. The molecular formula is C19H25ClN2O2. The summed E-state index contributed by atoms with van der Waals surface area (Å²) in [6.07, 6.45) is 10.7. The molecule has 5 heteroatoms. The van der Waals surface area contributed by atoms with Crippen LogP contribution in [-0.4, -0.2) is 21.3 Å². The minimum Gasteiger partial charge on any atom is -0.493 e. The fraction of sp³-hybridized carbons (Fsp3) is 0.526. The molecule has 1 heterocycles. The molecule has 1 aromatic carbocycles. The van der Waals surface area contributed by atoms with Crippen LogP contribution in [-0.2, 0) is 12.1 Å². The van der Waals surface area contributed by atoms with Gasteiger partial charge in [0.1, 0.15) is 11.4 Å². The van der Waals surface area contributed by atoms with Crippen LogP contribution in [0.4, 0.5) is 0 Å². The van der Waals surface area contributed by atoms with E-state index in [1.54, 1.807) is 12.5 Å². The Labute approximate surface area is 148 Å². The molecule has 24 heavy (non-hydrogen) atoms. The second-order valence-electron chi connectivity index (χ2n) is 6.63. The number of benzene rings is 1. The molecule has 0 amide bonds. The number of aliphatic hydroxyl groups is 1. The topological polar surface area (TPSA) is 47.3 Å². The second kappa shape index (κ2) is 7.58. The Hall–Kier alpha value is -1.52. The normalized spacial score (nSPS) is 16.8. The molecular weight excluding hydrogens is 324 g/mol. The third-order valence-corrected chi connectivity index (χ3v) is 4.88. The average molecular weight is 349 g/mol.